The van der Waals surface area contributed by atoms with Gasteiger partial charge in [-0.2, -0.15) is 0 Å². The van der Waals surface area contributed by atoms with Crippen LogP contribution in [0.4, 0.5) is 0 Å². The van der Waals surface area contributed by atoms with Crippen LogP contribution < -0.4 is 0 Å². The molecule has 0 unspecified atom stereocenters. The summed E-state index contributed by atoms with van der Waals surface area (Å²) >= 11 is 1.67. The number of aryl methyl sites for hydroxylation is 1. The third-order valence-electron chi connectivity index (χ3n) is 2.32. The van der Waals surface area contributed by atoms with Gasteiger partial charge in [-0.1, -0.05) is 23.4 Å². The quantitative estimate of drug-likeness (QED) is 0.432. The minimum atomic E-state index is 0.684. The molecule has 1 heterocycles. The van der Waals surface area contributed by atoms with Gasteiger partial charge in [0, 0.05) is 4.70 Å². The van der Waals surface area contributed by atoms with Crippen molar-refractivity contribution in [2.45, 2.75) is 13.8 Å². The summed E-state index contributed by atoms with van der Waals surface area (Å²) in [6.07, 6.45) is 0. The molecule has 2 aromatic rings. The van der Waals surface area contributed by atoms with Crippen molar-refractivity contribution >= 4 is 27.1 Å². The zero-order chi connectivity index (χ0) is 10.1. The van der Waals surface area contributed by atoms with Crippen molar-refractivity contribution < 1.29 is 5.21 Å². The monoisotopic (exact) mass is 205 g/mol. The van der Waals surface area contributed by atoms with Crippen LogP contribution in [0.2, 0.25) is 0 Å². The second-order valence-corrected chi connectivity index (χ2v) is 4.29. The van der Waals surface area contributed by atoms with E-state index in [2.05, 4.69) is 24.2 Å². The topological polar surface area (TPSA) is 32.6 Å². The molecule has 0 fully saturated rings. The van der Waals surface area contributed by atoms with E-state index < -0.39 is 0 Å². The molecule has 0 aliphatic heterocycles. The minimum absolute atomic E-state index is 0.684. The van der Waals surface area contributed by atoms with Crippen LogP contribution in [0.15, 0.2) is 29.4 Å². The minimum Gasteiger partial charge on any atom is -0.411 e. The molecule has 1 aromatic heterocycles. The van der Waals surface area contributed by atoms with Gasteiger partial charge in [0.25, 0.3) is 0 Å². The average molecular weight is 205 g/mol. The second-order valence-electron chi connectivity index (χ2n) is 3.24. The van der Waals surface area contributed by atoms with Gasteiger partial charge in [0.2, 0.25) is 0 Å². The molecule has 0 saturated heterocycles. The number of nitrogens with zero attached hydrogens (tertiary/aromatic N) is 1. The third kappa shape index (κ3) is 1.30. The Morgan fingerprint density at radius 1 is 1.36 bits per heavy atom. The molecule has 0 aliphatic carbocycles. The summed E-state index contributed by atoms with van der Waals surface area (Å²) in [5, 5.41) is 13.2. The molecule has 2 rings (SSSR count). The molecule has 1 aromatic carbocycles. The maximum atomic E-state index is 8.73. The summed E-state index contributed by atoms with van der Waals surface area (Å²) in [6.45, 7) is 3.88. The van der Waals surface area contributed by atoms with E-state index in [1.807, 2.05) is 19.1 Å². The molecule has 0 bridgehead atoms. The highest BCUT2D eigenvalue weighted by Crippen LogP contribution is 2.30. The van der Waals surface area contributed by atoms with Crippen molar-refractivity contribution in [1.29, 1.82) is 0 Å². The first kappa shape index (κ1) is 9.21. The highest BCUT2D eigenvalue weighted by molar-refractivity contribution is 7.21. The van der Waals surface area contributed by atoms with Crippen molar-refractivity contribution in [3.05, 3.63) is 34.7 Å². The Kier molecular flexibility index (Phi) is 2.25. The van der Waals surface area contributed by atoms with Gasteiger partial charge in [-0.15, -0.1) is 11.3 Å². The second kappa shape index (κ2) is 3.42. The number of fused-ring (bicyclic) bond motifs is 1. The van der Waals surface area contributed by atoms with Crippen LogP contribution in [0.1, 0.15) is 17.4 Å². The van der Waals surface area contributed by atoms with Crippen LogP contribution in [0, 0.1) is 6.92 Å². The van der Waals surface area contributed by atoms with Gasteiger partial charge in [-0.3, -0.25) is 0 Å². The van der Waals surface area contributed by atoms with E-state index in [1.54, 1.807) is 11.3 Å². The molecule has 0 amide bonds. The van der Waals surface area contributed by atoms with Crippen molar-refractivity contribution in [3.8, 4) is 0 Å². The zero-order valence-electron chi connectivity index (χ0n) is 8.11. The van der Waals surface area contributed by atoms with E-state index in [4.69, 9.17) is 5.21 Å². The van der Waals surface area contributed by atoms with Crippen LogP contribution in [0.3, 0.4) is 0 Å². The molecule has 0 atom stereocenters. The lowest BCUT2D eigenvalue weighted by molar-refractivity contribution is 0.319. The molecular weight excluding hydrogens is 194 g/mol. The molecule has 0 spiro atoms. The summed E-state index contributed by atoms with van der Waals surface area (Å²) < 4.78 is 1.24. The standard InChI is InChI=1S/C11H11NOS/c1-7-9-5-3-4-6-10(9)14-11(7)8(2)12-13/h3-6,13H,1-2H3/b12-8-. The molecule has 3 heteroatoms. The number of hydrogen-bond acceptors (Lipinski definition) is 3. The van der Waals surface area contributed by atoms with Crippen molar-refractivity contribution in [1.82, 2.24) is 0 Å². The predicted molar refractivity (Wildman–Crippen MR) is 60.6 cm³/mol. The molecular formula is C11H11NOS. The predicted octanol–water partition coefficient (Wildman–Crippen LogP) is 3.41. The fourth-order valence-corrected chi connectivity index (χ4v) is 2.71. The van der Waals surface area contributed by atoms with Crippen molar-refractivity contribution in [2.24, 2.45) is 5.16 Å². The number of hydrogen-bond donors (Lipinski definition) is 1. The van der Waals surface area contributed by atoms with Gasteiger partial charge in [0.05, 0.1) is 10.6 Å². The Bertz CT molecular complexity index is 499. The first-order valence-electron chi connectivity index (χ1n) is 4.41. The lowest BCUT2D eigenvalue weighted by Gasteiger charge is -1.94. The van der Waals surface area contributed by atoms with Gasteiger partial charge < -0.3 is 5.21 Å². The SMILES string of the molecule is C/C(=N/O)c1sc2ccccc2c1C. The molecule has 0 saturated carbocycles. The number of rotatable bonds is 1. The maximum absolute atomic E-state index is 8.73. The molecule has 1 N–H and O–H groups in total. The van der Waals surface area contributed by atoms with Crippen LogP contribution in [0.25, 0.3) is 10.1 Å². The number of benzene rings is 1. The normalized spacial score (nSPS) is 12.3. The molecule has 0 aliphatic rings. The molecule has 72 valence electrons. The smallest absolute Gasteiger partial charge is 0.0939 e. The molecule has 14 heavy (non-hydrogen) atoms. The fraction of sp³-hybridized carbons (Fsp3) is 0.182. The Balaban J connectivity index is 2.75. The average Bonchev–Trinajstić information content (AvgIpc) is 2.56. The van der Waals surface area contributed by atoms with E-state index in [0.29, 0.717) is 5.71 Å². The summed E-state index contributed by atoms with van der Waals surface area (Å²) in [7, 11) is 0. The zero-order valence-corrected chi connectivity index (χ0v) is 8.93. The first-order chi connectivity index (χ1) is 6.74. The van der Waals surface area contributed by atoms with Gasteiger partial charge >= 0.3 is 0 Å². The largest absolute Gasteiger partial charge is 0.411 e. The van der Waals surface area contributed by atoms with E-state index in [1.165, 1.54) is 15.6 Å². The number of thiophene rings is 1. The Morgan fingerprint density at radius 3 is 2.71 bits per heavy atom. The highest BCUT2D eigenvalue weighted by atomic mass is 32.1. The first-order valence-corrected chi connectivity index (χ1v) is 5.23. The van der Waals surface area contributed by atoms with Gasteiger partial charge in [0.1, 0.15) is 0 Å². The summed E-state index contributed by atoms with van der Waals surface area (Å²) in [5.41, 5.74) is 1.88. The molecule has 0 radical (unpaired) electrons. The Morgan fingerprint density at radius 2 is 2.07 bits per heavy atom. The van der Waals surface area contributed by atoms with Crippen molar-refractivity contribution in [3.63, 3.8) is 0 Å². The summed E-state index contributed by atoms with van der Waals surface area (Å²) in [5.74, 6) is 0. The van der Waals surface area contributed by atoms with Crippen molar-refractivity contribution in [2.75, 3.05) is 0 Å². The van der Waals surface area contributed by atoms with E-state index in [9.17, 15) is 0 Å². The fourth-order valence-electron chi connectivity index (χ4n) is 1.56. The van der Waals surface area contributed by atoms with Crippen LogP contribution in [0.5, 0.6) is 0 Å². The summed E-state index contributed by atoms with van der Waals surface area (Å²) in [4.78, 5) is 1.06. The van der Waals surface area contributed by atoms with Gasteiger partial charge in [-0.25, -0.2) is 0 Å². The number of oxime groups is 1. The van der Waals surface area contributed by atoms with E-state index in [0.717, 1.165) is 4.88 Å². The lowest BCUT2D eigenvalue weighted by atomic mass is 10.1. The van der Waals surface area contributed by atoms with Crippen LogP contribution >= 0.6 is 11.3 Å². The summed E-state index contributed by atoms with van der Waals surface area (Å²) in [6, 6.07) is 8.22. The molecule has 2 nitrogen and oxygen atoms in total. The van der Waals surface area contributed by atoms with Crippen LogP contribution in [-0.4, -0.2) is 10.9 Å². The van der Waals surface area contributed by atoms with Gasteiger partial charge in [-0.05, 0) is 30.9 Å². The maximum Gasteiger partial charge on any atom is 0.0939 e. The van der Waals surface area contributed by atoms with E-state index >= 15 is 0 Å². The van der Waals surface area contributed by atoms with Gasteiger partial charge in [0.15, 0.2) is 0 Å². The van der Waals surface area contributed by atoms with Crippen LogP contribution in [-0.2, 0) is 0 Å². The van der Waals surface area contributed by atoms with E-state index in [-0.39, 0.29) is 0 Å². The Labute approximate surface area is 86.5 Å². The third-order valence-corrected chi connectivity index (χ3v) is 3.70. The lowest BCUT2D eigenvalue weighted by Crippen LogP contribution is -1.91. The highest BCUT2D eigenvalue weighted by Gasteiger charge is 2.09. The Hall–Kier alpha value is -1.35.